The number of likely N-dealkylation sites (tertiary alicyclic amines) is 1. The predicted octanol–water partition coefficient (Wildman–Crippen LogP) is 0.994. The average molecular weight is 544 g/mol. The summed E-state index contributed by atoms with van der Waals surface area (Å²) in [6.07, 6.45) is 2.42. The largest absolute Gasteiger partial charge is 0.481 e. The summed E-state index contributed by atoms with van der Waals surface area (Å²) in [5.74, 6) is -4.17. The van der Waals surface area contributed by atoms with E-state index in [9.17, 15) is 29.1 Å². The van der Waals surface area contributed by atoms with Gasteiger partial charge in [-0.2, -0.15) is 0 Å². The van der Waals surface area contributed by atoms with Gasteiger partial charge in [-0.05, 0) is 49.7 Å². The number of aliphatic carboxylic acids is 2. The molecular weight excluding hydrogens is 506 g/mol. The number of fused-ring (bicyclic) bond motifs is 1. The molecule has 12 nitrogen and oxygen atoms in total. The topological polar surface area (TPSA) is 195 Å². The van der Waals surface area contributed by atoms with Crippen LogP contribution in [-0.4, -0.2) is 80.5 Å². The number of rotatable bonds is 13. The van der Waals surface area contributed by atoms with Crippen LogP contribution in [-0.2, 0) is 30.4 Å². The summed E-state index contributed by atoms with van der Waals surface area (Å²) >= 11 is 0. The van der Waals surface area contributed by atoms with E-state index in [4.69, 9.17) is 10.8 Å². The number of nitrogens with zero attached hydrogens (tertiary/aromatic N) is 1. The minimum absolute atomic E-state index is 0.00552. The van der Waals surface area contributed by atoms with Crippen molar-refractivity contribution in [3.63, 3.8) is 0 Å². The number of carbonyl (C=O) groups is 5. The van der Waals surface area contributed by atoms with E-state index in [1.165, 1.54) is 4.90 Å². The van der Waals surface area contributed by atoms with E-state index in [1.807, 2.05) is 38.1 Å². The van der Waals surface area contributed by atoms with Gasteiger partial charge in [0, 0.05) is 30.1 Å². The van der Waals surface area contributed by atoms with Crippen LogP contribution in [0.25, 0.3) is 10.9 Å². The first kappa shape index (κ1) is 29.6. The van der Waals surface area contributed by atoms with Crippen LogP contribution in [0.3, 0.4) is 0 Å². The predicted molar refractivity (Wildman–Crippen MR) is 143 cm³/mol. The third kappa shape index (κ3) is 7.79. The third-order valence-corrected chi connectivity index (χ3v) is 6.87. The Morgan fingerprint density at radius 1 is 1.08 bits per heavy atom. The molecule has 1 saturated heterocycles. The lowest BCUT2D eigenvalue weighted by molar-refractivity contribution is -0.150. The lowest BCUT2D eigenvalue weighted by Gasteiger charge is -2.29. The van der Waals surface area contributed by atoms with Crippen LogP contribution in [0.1, 0.15) is 51.5 Å². The maximum atomic E-state index is 13.3. The highest BCUT2D eigenvalue weighted by Gasteiger charge is 2.38. The average Bonchev–Trinajstić information content (AvgIpc) is 3.53. The Balaban J connectivity index is 1.72. The first-order valence-electron chi connectivity index (χ1n) is 13.1. The van der Waals surface area contributed by atoms with Gasteiger partial charge in [-0.3, -0.25) is 19.2 Å². The zero-order chi connectivity index (χ0) is 28.7. The molecule has 2 aromatic rings. The van der Waals surface area contributed by atoms with E-state index in [-0.39, 0.29) is 38.1 Å². The number of carbonyl (C=O) groups excluding carboxylic acids is 3. The lowest BCUT2D eigenvalue weighted by Crippen LogP contribution is -2.57. The van der Waals surface area contributed by atoms with Gasteiger partial charge in [0.1, 0.15) is 18.1 Å². The highest BCUT2D eigenvalue weighted by atomic mass is 16.4. The fraction of sp³-hybridized carbons (Fsp3) is 0.519. The van der Waals surface area contributed by atoms with Gasteiger partial charge in [-0.1, -0.05) is 32.0 Å². The van der Waals surface area contributed by atoms with E-state index < -0.39 is 60.2 Å². The molecule has 4 unspecified atom stereocenters. The Kier molecular flexibility index (Phi) is 10.0. The standard InChI is InChI=1S/C27H37N5O7/c1-15(2)12-21(31-24(35)18(28)13-16-14-29-19-7-4-3-6-17(16)19)25(36)30-20(9-10-23(33)34)26(37)32-11-5-8-22(32)27(38)39/h3-4,6-7,14-15,18,20-22,29H,5,8-13,28H2,1-2H3,(H,30,36)(H,31,35)(H,33,34)(H,38,39). The number of carboxylic acid groups (broad SMARTS) is 2. The van der Waals surface area contributed by atoms with Crippen molar-refractivity contribution in [2.24, 2.45) is 11.7 Å². The van der Waals surface area contributed by atoms with Gasteiger partial charge in [0.05, 0.1) is 6.04 Å². The number of benzene rings is 1. The summed E-state index contributed by atoms with van der Waals surface area (Å²) in [5, 5.41) is 24.8. The van der Waals surface area contributed by atoms with Crippen molar-refractivity contribution in [3.8, 4) is 0 Å². The van der Waals surface area contributed by atoms with Gasteiger partial charge in [-0.15, -0.1) is 0 Å². The molecule has 3 amide bonds. The number of H-pyrrole nitrogens is 1. The zero-order valence-corrected chi connectivity index (χ0v) is 22.2. The van der Waals surface area contributed by atoms with E-state index >= 15 is 0 Å². The van der Waals surface area contributed by atoms with E-state index in [0.717, 1.165) is 16.5 Å². The summed E-state index contributed by atoms with van der Waals surface area (Å²) in [6, 6.07) is 3.36. The number of aromatic amines is 1. The molecule has 1 aliphatic heterocycles. The number of amides is 3. The minimum atomic E-state index is -1.25. The summed E-state index contributed by atoms with van der Waals surface area (Å²) < 4.78 is 0. The maximum Gasteiger partial charge on any atom is 0.326 e. The Bertz CT molecular complexity index is 1210. The van der Waals surface area contributed by atoms with Crippen molar-refractivity contribution in [3.05, 3.63) is 36.0 Å². The van der Waals surface area contributed by atoms with E-state index in [1.54, 1.807) is 6.20 Å². The first-order chi connectivity index (χ1) is 18.5. The number of aromatic nitrogens is 1. The Morgan fingerprint density at radius 3 is 2.44 bits per heavy atom. The number of para-hydroxylation sites is 1. The molecule has 0 spiro atoms. The summed E-state index contributed by atoms with van der Waals surface area (Å²) in [5.41, 5.74) is 7.97. The van der Waals surface area contributed by atoms with E-state index in [2.05, 4.69) is 15.6 Å². The van der Waals surface area contributed by atoms with Gasteiger partial charge in [0.25, 0.3) is 0 Å². The Labute approximate surface area is 226 Å². The second kappa shape index (κ2) is 13.2. The van der Waals surface area contributed by atoms with Gasteiger partial charge in [0.15, 0.2) is 0 Å². The number of hydrogen-bond acceptors (Lipinski definition) is 6. The minimum Gasteiger partial charge on any atom is -0.481 e. The molecule has 3 rings (SSSR count). The normalized spacial score (nSPS) is 17.5. The molecule has 4 atom stereocenters. The van der Waals surface area contributed by atoms with Crippen molar-refractivity contribution in [2.45, 2.75) is 76.5 Å². The van der Waals surface area contributed by atoms with Crippen LogP contribution in [0.5, 0.6) is 0 Å². The summed E-state index contributed by atoms with van der Waals surface area (Å²) in [7, 11) is 0. The molecule has 212 valence electrons. The quantitative estimate of drug-likeness (QED) is 0.215. The molecule has 39 heavy (non-hydrogen) atoms. The van der Waals surface area contributed by atoms with Crippen LogP contribution in [0.15, 0.2) is 30.5 Å². The second-order valence-corrected chi connectivity index (χ2v) is 10.4. The van der Waals surface area contributed by atoms with Crippen molar-refractivity contribution < 1.29 is 34.2 Å². The van der Waals surface area contributed by atoms with Crippen molar-refractivity contribution in [1.82, 2.24) is 20.5 Å². The lowest BCUT2D eigenvalue weighted by atomic mass is 10.0. The van der Waals surface area contributed by atoms with Crippen molar-refractivity contribution >= 4 is 40.6 Å². The van der Waals surface area contributed by atoms with Crippen molar-refractivity contribution in [2.75, 3.05) is 6.54 Å². The van der Waals surface area contributed by atoms with Crippen molar-refractivity contribution in [1.29, 1.82) is 0 Å². The second-order valence-electron chi connectivity index (χ2n) is 10.4. The van der Waals surface area contributed by atoms with E-state index in [0.29, 0.717) is 6.42 Å². The molecular formula is C27H37N5O7. The third-order valence-electron chi connectivity index (χ3n) is 6.87. The summed E-state index contributed by atoms with van der Waals surface area (Å²) in [4.78, 5) is 66.7. The molecule has 0 aliphatic carbocycles. The number of nitrogens with two attached hydrogens (primary N) is 1. The molecule has 1 aliphatic rings. The monoisotopic (exact) mass is 543 g/mol. The van der Waals surface area contributed by atoms with Crippen LogP contribution < -0.4 is 16.4 Å². The molecule has 2 heterocycles. The molecule has 0 radical (unpaired) electrons. The molecule has 1 aromatic carbocycles. The maximum absolute atomic E-state index is 13.3. The fourth-order valence-electron chi connectivity index (χ4n) is 4.90. The van der Waals surface area contributed by atoms with Crippen LogP contribution in [0, 0.1) is 5.92 Å². The van der Waals surface area contributed by atoms with Gasteiger partial charge in [0.2, 0.25) is 17.7 Å². The highest BCUT2D eigenvalue weighted by molar-refractivity contribution is 5.94. The number of nitrogens with one attached hydrogen (secondary N) is 3. The smallest absolute Gasteiger partial charge is 0.326 e. The molecule has 0 bridgehead atoms. The summed E-state index contributed by atoms with van der Waals surface area (Å²) in [6.45, 7) is 3.93. The van der Waals surface area contributed by atoms with Crippen LogP contribution in [0.2, 0.25) is 0 Å². The fourth-order valence-corrected chi connectivity index (χ4v) is 4.90. The highest BCUT2D eigenvalue weighted by Crippen LogP contribution is 2.21. The van der Waals surface area contributed by atoms with Crippen LogP contribution >= 0.6 is 0 Å². The molecule has 12 heteroatoms. The number of hydrogen-bond donors (Lipinski definition) is 6. The number of carboxylic acids is 2. The van der Waals surface area contributed by atoms with Gasteiger partial charge < -0.3 is 36.5 Å². The first-order valence-corrected chi connectivity index (χ1v) is 13.1. The Morgan fingerprint density at radius 2 is 1.77 bits per heavy atom. The van der Waals surface area contributed by atoms with Gasteiger partial charge in [-0.25, -0.2) is 4.79 Å². The molecule has 0 saturated carbocycles. The van der Waals surface area contributed by atoms with Crippen LogP contribution in [0.4, 0.5) is 0 Å². The van der Waals surface area contributed by atoms with Gasteiger partial charge >= 0.3 is 11.9 Å². The Hall–Kier alpha value is -3.93. The SMILES string of the molecule is CC(C)CC(NC(=O)C(N)Cc1c[nH]c2ccccc12)C(=O)NC(CCC(=O)O)C(=O)N1CCCC1C(=O)O. The molecule has 1 aromatic heterocycles. The molecule has 7 N–H and O–H groups in total. The zero-order valence-electron chi connectivity index (χ0n) is 22.2. The molecule has 1 fully saturated rings.